The summed E-state index contributed by atoms with van der Waals surface area (Å²) in [4.78, 5) is -0.331. The standard InChI is InChI=1S/C12H17FN2O2S/c13-11-8-9(14)6-7-12(11)18(16,17)15-10-4-2-1-3-5-10/h6-8,10,15H,1-5,14H2. The molecule has 18 heavy (non-hydrogen) atoms. The predicted molar refractivity (Wildman–Crippen MR) is 68.0 cm³/mol. The van der Waals surface area contributed by atoms with E-state index in [2.05, 4.69) is 4.72 Å². The number of nitrogen functional groups attached to an aromatic ring is 1. The molecule has 6 heteroatoms. The number of hydrogen-bond donors (Lipinski definition) is 2. The third kappa shape index (κ3) is 3.00. The first-order valence-electron chi connectivity index (χ1n) is 6.06. The lowest BCUT2D eigenvalue weighted by atomic mass is 9.96. The number of halogens is 1. The van der Waals surface area contributed by atoms with Crippen molar-refractivity contribution in [3.05, 3.63) is 24.0 Å². The lowest BCUT2D eigenvalue weighted by molar-refractivity contribution is 0.411. The van der Waals surface area contributed by atoms with Crippen LogP contribution >= 0.6 is 0 Å². The number of sulfonamides is 1. The van der Waals surface area contributed by atoms with E-state index in [1.807, 2.05) is 0 Å². The van der Waals surface area contributed by atoms with Crippen LogP contribution in [-0.2, 0) is 10.0 Å². The highest BCUT2D eigenvalue weighted by Crippen LogP contribution is 2.22. The summed E-state index contributed by atoms with van der Waals surface area (Å²) in [6, 6.07) is 3.53. The molecule has 1 aromatic rings. The molecule has 4 nitrogen and oxygen atoms in total. The SMILES string of the molecule is Nc1ccc(S(=O)(=O)NC2CCCCC2)c(F)c1. The first-order chi connectivity index (χ1) is 8.49. The average Bonchev–Trinajstić information content (AvgIpc) is 2.29. The van der Waals surface area contributed by atoms with E-state index in [-0.39, 0.29) is 16.6 Å². The van der Waals surface area contributed by atoms with E-state index >= 15 is 0 Å². The van der Waals surface area contributed by atoms with Crippen LogP contribution in [0.15, 0.2) is 23.1 Å². The first-order valence-corrected chi connectivity index (χ1v) is 7.55. The van der Waals surface area contributed by atoms with Crippen molar-refractivity contribution < 1.29 is 12.8 Å². The Hall–Kier alpha value is -1.14. The van der Waals surface area contributed by atoms with Gasteiger partial charge in [-0.2, -0.15) is 0 Å². The van der Waals surface area contributed by atoms with Crippen molar-refractivity contribution in [2.45, 2.75) is 43.0 Å². The van der Waals surface area contributed by atoms with Crippen molar-refractivity contribution in [3.8, 4) is 0 Å². The quantitative estimate of drug-likeness (QED) is 0.827. The third-order valence-corrected chi connectivity index (χ3v) is 4.73. The van der Waals surface area contributed by atoms with Crippen molar-refractivity contribution in [1.29, 1.82) is 0 Å². The van der Waals surface area contributed by atoms with Gasteiger partial charge >= 0.3 is 0 Å². The molecule has 0 amide bonds. The Labute approximate surface area is 106 Å². The van der Waals surface area contributed by atoms with E-state index in [0.29, 0.717) is 0 Å². The maximum Gasteiger partial charge on any atom is 0.243 e. The smallest absolute Gasteiger partial charge is 0.243 e. The number of nitrogens with two attached hydrogens (primary N) is 1. The monoisotopic (exact) mass is 272 g/mol. The molecule has 2 rings (SSSR count). The summed E-state index contributed by atoms with van der Waals surface area (Å²) in [7, 11) is -3.79. The fourth-order valence-corrected chi connectivity index (χ4v) is 3.60. The van der Waals surface area contributed by atoms with Crippen molar-refractivity contribution in [2.75, 3.05) is 5.73 Å². The van der Waals surface area contributed by atoms with Gasteiger partial charge in [0.2, 0.25) is 10.0 Å². The van der Waals surface area contributed by atoms with Crippen LogP contribution in [-0.4, -0.2) is 14.5 Å². The molecule has 0 unspecified atom stereocenters. The van der Waals surface area contributed by atoms with Gasteiger partial charge in [0.15, 0.2) is 0 Å². The molecule has 0 radical (unpaired) electrons. The minimum absolute atomic E-state index is 0.0827. The molecule has 0 spiro atoms. The third-order valence-electron chi connectivity index (χ3n) is 3.17. The molecule has 0 bridgehead atoms. The molecule has 0 heterocycles. The number of hydrogen-bond acceptors (Lipinski definition) is 3. The van der Waals surface area contributed by atoms with Crippen LogP contribution in [0.2, 0.25) is 0 Å². The minimum atomic E-state index is -3.79. The van der Waals surface area contributed by atoms with Crippen molar-refractivity contribution in [2.24, 2.45) is 0 Å². The van der Waals surface area contributed by atoms with Gasteiger partial charge in [-0.05, 0) is 31.0 Å². The Bertz CT molecular complexity index is 525. The van der Waals surface area contributed by atoms with Gasteiger partial charge in [0, 0.05) is 11.7 Å². The van der Waals surface area contributed by atoms with E-state index in [0.717, 1.165) is 38.2 Å². The van der Waals surface area contributed by atoms with E-state index in [4.69, 9.17) is 5.73 Å². The summed E-state index contributed by atoms with van der Waals surface area (Å²) in [6.07, 6.45) is 4.79. The summed E-state index contributed by atoms with van der Waals surface area (Å²) in [5.41, 5.74) is 5.61. The van der Waals surface area contributed by atoms with Crippen LogP contribution in [0.1, 0.15) is 32.1 Å². The van der Waals surface area contributed by atoms with Crippen LogP contribution in [0.5, 0.6) is 0 Å². The second kappa shape index (κ2) is 5.24. The number of anilines is 1. The maximum absolute atomic E-state index is 13.6. The number of rotatable bonds is 3. The van der Waals surface area contributed by atoms with E-state index < -0.39 is 15.8 Å². The molecule has 1 fully saturated rings. The Balaban J connectivity index is 2.19. The second-order valence-electron chi connectivity index (χ2n) is 4.65. The minimum Gasteiger partial charge on any atom is -0.399 e. The summed E-state index contributed by atoms with van der Waals surface area (Å²) < 4.78 is 40.2. The van der Waals surface area contributed by atoms with Crippen LogP contribution in [0.4, 0.5) is 10.1 Å². The average molecular weight is 272 g/mol. The van der Waals surface area contributed by atoms with Gasteiger partial charge in [0.25, 0.3) is 0 Å². The fourth-order valence-electron chi connectivity index (χ4n) is 2.24. The Morgan fingerprint density at radius 1 is 1.22 bits per heavy atom. The highest BCUT2D eigenvalue weighted by atomic mass is 32.2. The Kier molecular flexibility index (Phi) is 3.87. The zero-order valence-corrected chi connectivity index (χ0v) is 10.8. The molecule has 0 atom stereocenters. The zero-order valence-electron chi connectivity index (χ0n) is 10.0. The number of nitrogens with one attached hydrogen (secondary N) is 1. The fraction of sp³-hybridized carbons (Fsp3) is 0.500. The molecule has 1 aliphatic carbocycles. The second-order valence-corrected chi connectivity index (χ2v) is 6.33. The zero-order chi connectivity index (χ0) is 13.2. The van der Waals surface area contributed by atoms with Gasteiger partial charge in [-0.25, -0.2) is 17.5 Å². The topological polar surface area (TPSA) is 72.2 Å². The largest absolute Gasteiger partial charge is 0.399 e. The molecular formula is C12H17FN2O2S. The van der Waals surface area contributed by atoms with Gasteiger partial charge < -0.3 is 5.73 Å². The molecule has 0 saturated heterocycles. The van der Waals surface area contributed by atoms with Crippen LogP contribution in [0.3, 0.4) is 0 Å². The van der Waals surface area contributed by atoms with Gasteiger partial charge in [0.05, 0.1) is 0 Å². The van der Waals surface area contributed by atoms with Crippen LogP contribution < -0.4 is 10.5 Å². The van der Waals surface area contributed by atoms with Crippen molar-refractivity contribution in [3.63, 3.8) is 0 Å². The molecular weight excluding hydrogens is 255 g/mol. The van der Waals surface area contributed by atoms with Crippen LogP contribution in [0.25, 0.3) is 0 Å². The highest BCUT2D eigenvalue weighted by molar-refractivity contribution is 7.89. The summed E-state index contributed by atoms with van der Waals surface area (Å²) >= 11 is 0. The van der Waals surface area contributed by atoms with Crippen LogP contribution in [0, 0.1) is 5.82 Å². The van der Waals surface area contributed by atoms with Gasteiger partial charge in [-0.3, -0.25) is 0 Å². The lowest BCUT2D eigenvalue weighted by Crippen LogP contribution is -2.36. The van der Waals surface area contributed by atoms with Gasteiger partial charge in [-0.15, -0.1) is 0 Å². The molecule has 100 valence electrons. The summed E-state index contributed by atoms with van der Waals surface area (Å²) in [5.74, 6) is -0.807. The van der Waals surface area contributed by atoms with Crippen molar-refractivity contribution in [1.82, 2.24) is 4.72 Å². The summed E-state index contributed by atoms with van der Waals surface area (Å²) in [5, 5.41) is 0. The Morgan fingerprint density at radius 3 is 2.50 bits per heavy atom. The number of benzene rings is 1. The van der Waals surface area contributed by atoms with E-state index in [1.165, 1.54) is 12.1 Å². The highest BCUT2D eigenvalue weighted by Gasteiger charge is 2.24. The first kappa shape index (κ1) is 13.3. The Morgan fingerprint density at radius 2 is 1.89 bits per heavy atom. The molecule has 1 saturated carbocycles. The molecule has 1 aliphatic rings. The van der Waals surface area contributed by atoms with Gasteiger partial charge in [0.1, 0.15) is 10.7 Å². The molecule has 0 aliphatic heterocycles. The van der Waals surface area contributed by atoms with Crippen molar-refractivity contribution >= 4 is 15.7 Å². The lowest BCUT2D eigenvalue weighted by Gasteiger charge is -2.22. The molecule has 0 aromatic heterocycles. The predicted octanol–water partition coefficient (Wildman–Crippen LogP) is 2.02. The van der Waals surface area contributed by atoms with Gasteiger partial charge in [-0.1, -0.05) is 19.3 Å². The maximum atomic E-state index is 13.6. The molecule has 3 N–H and O–H groups in total. The van der Waals surface area contributed by atoms with E-state index in [1.54, 1.807) is 0 Å². The molecule has 1 aromatic carbocycles. The van der Waals surface area contributed by atoms with E-state index in [9.17, 15) is 12.8 Å². The summed E-state index contributed by atoms with van der Waals surface area (Å²) in [6.45, 7) is 0. The normalized spacial score (nSPS) is 17.8.